The van der Waals surface area contributed by atoms with Crippen LogP contribution in [0.15, 0.2) is 0 Å². The highest BCUT2D eigenvalue weighted by Gasteiger charge is 2.25. The molecule has 0 aliphatic carbocycles. The maximum Gasteiger partial charge on any atom is 0.344 e. The van der Waals surface area contributed by atoms with Crippen LogP contribution in [0, 0.1) is 0 Å². The molecule has 0 N–H and O–H groups in total. The molecule has 0 rings (SSSR count). The summed E-state index contributed by atoms with van der Waals surface area (Å²) in [6.45, 7) is 8.17. The predicted octanol–water partition coefficient (Wildman–Crippen LogP) is 5.28. The van der Waals surface area contributed by atoms with E-state index in [0.717, 1.165) is 32.2 Å². The molecule has 21 heavy (non-hydrogen) atoms. The quantitative estimate of drug-likeness (QED) is 0.304. The summed E-state index contributed by atoms with van der Waals surface area (Å²) in [6, 6.07) is 0. The Morgan fingerprint density at radius 3 is 2.10 bits per heavy atom. The molecule has 1 unspecified atom stereocenters. The molecule has 0 saturated carbocycles. The second-order valence-corrected chi connectivity index (χ2v) is 7.73. The lowest BCUT2D eigenvalue weighted by molar-refractivity contribution is 0.192. The van der Waals surface area contributed by atoms with Crippen molar-refractivity contribution in [3.63, 3.8) is 0 Å². The Hall–Kier alpha value is 0.110. The average Bonchev–Trinajstić information content (AvgIpc) is 2.44. The zero-order chi connectivity index (χ0) is 16.0. The fourth-order valence-corrected chi connectivity index (χ4v) is 3.97. The van der Waals surface area contributed by atoms with Crippen LogP contribution in [0.5, 0.6) is 0 Å². The van der Waals surface area contributed by atoms with Crippen molar-refractivity contribution < 1.29 is 13.6 Å². The first-order valence-corrected chi connectivity index (χ1v) is 10.4. The van der Waals surface area contributed by atoms with Crippen molar-refractivity contribution in [2.75, 3.05) is 33.1 Å². The van der Waals surface area contributed by atoms with E-state index in [1.807, 2.05) is 14.0 Å². The highest BCUT2D eigenvalue weighted by molar-refractivity contribution is 7.53. The van der Waals surface area contributed by atoms with Crippen LogP contribution in [0.3, 0.4) is 0 Å². The fraction of sp³-hybridized carbons (Fsp3) is 1.00. The highest BCUT2D eigenvalue weighted by Crippen LogP contribution is 2.48. The molecular formula is C16H36NO3P. The highest BCUT2D eigenvalue weighted by atomic mass is 31.2. The lowest BCUT2D eigenvalue weighted by Crippen LogP contribution is -2.22. The molecule has 128 valence electrons. The molecule has 0 aromatic heterocycles. The Labute approximate surface area is 132 Å². The fourth-order valence-electron chi connectivity index (χ4n) is 2.20. The van der Waals surface area contributed by atoms with E-state index >= 15 is 0 Å². The Bertz CT molecular complexity index is 274. The van der Waals surface area contributed by atoms with Gasteiger partial charge in [0.1, 0.15) is 6.29 Å². The van der Waals surface area contributed by atoms with Crippen LogP contribution >= 0.6 is 7.60 Å². The second-order valence-electron chi connectivity index (χ2n) is 5.70. The van der Waals surface area contributed by atoms with Crippen LogP contribution < -0.4 is 0 Å². The molecule has 0 bridgehead atoms. The molecule has 0 aromatic rings. The number of nitrogens with zero attached hydrogens (tertiary/aromatic N) is 1. The normalized spacial score (nSPS) is 14.5. The minimum Gasteiger partial charge on any atom is -0.308 e. The smallest absolute Gasteiger partial charge is 0.308 e. The van der Waals surface area contributed by atoms with Crippen LogP contribution in [0.2, 0.25) is 0 Å². The zero-order valence-electron chi connectivity index (χ0n) is 14.6. The summed E-state index contributed by atoms with van der Waals surface area (Å²) in [5, 5.41) is 0. The van der Waals surface area contributed by atoms with Gasteiger partial charge in [0.05, 0.1) is 13.2 Å². The molecule has 4 nitrogen and oxygen atoms in total. The minimum atomic E-state index is -2.95. The third-order valence-electron chi connectivity index (χ3n) is 3.42. The second kappa shape index (κ2) is 13.8. The van der Waals surface area contributed by atoms with Crippen molar-refractivity contribution in [3.05, 3.63) is 0 Å². The van der Waals surface area contributed by atoms with Crippen molar-refractivity contribution in [3.8, 4) is 0 Å². The maximum atomic E-state index is 12.6. The molecule has 5 heteroatoms. The van der Waals surface area contributed by atoms with E-state index in [1.165, 1.54) is 25.7 Å². The van der Waals surface area contributed by atoms with Gasteiger partial charge in [-0.05, 0) is 33.4 Å². The average molecular weight is 321 g/mol. The van der Waals surface area contributed by atoms with E-state index in [4.69, 9.17) is 9.05 Å². The van der Waals surface area contributed by atoms with Crippen LogP contribution in [-0.2, 0) is 13.6 Å². The Kier molecular flexibility index (Phi) is 13.8. The summed E-state index contributed by atoms with van der Waals surface area (Å²) in [6.07, 6.45) is 9.88. The SMILES string of the molecule is CCCCCCCCOP(=O)(CN(C)CCCC)OCC. The van der Waals surface area contributed by atoms with E-state index in [2.05, 4.69) is 18.7 Å². The first-order chi connectivity index (χ1) is 10.1. The topological polar surface area (TPSA) is 38.8 Å². The van der Waals surface area contributed by atoms with Crippen LogP contribution in [0.25, 0.3) is 0 Å². The molecule has 0 aromatic carbocycles. The number of rotatable bonds is 15. The van der Waals surface area contributed by atoms with Crippen molar-refractivity contribution in [2.24, 2.45) is 0 Å². The number of unbranched alkanes of at least 4 members (excludes halogenated alkanes) is 6. The van der Waals surface area contributed by atoms with Crippen LogP contribution in [0.4, 0.5) is 0 Å². The van der Waals surface area contributed by atoms with Gasteiger partial charge in [-0.3, -0.25) is 9.46 Å². The van der Waals surface area contributed by atoms with E-state index in [9.17, 15) is 4.57 Å². The first-order valence-electron chi connectivity index (χ1n) is 8.64. The monoisotopic (exact) mass is 321 g/mol. The third kappa shape index (κ3) is 12.3. The molecule has 0 heterocycles. The standard InChI is InChI=1S/C16H36NO3P/c1-5-8-10-11-12-13-15-20-21(18,19-7-3)16-17(4)14-9-6-2/h5-16H2,1-4H3. The summed E-state index contributed by atoms with van der Waals surface area (Å²) < 4.78 is 23.7. The van der Waals surface area contributed by atoms with Gasteiger partial charge in [-0.2, -0.15) is 0 Å². The van der Waals surface area contributed by atoms with Crippen LogP contribution in [0.1, 0.15) is 72.1 Å². The van der Waals surface area contributed by atoms with E-state index in [-0.39, 0.29) is 0 Å². The Morgan fingerprint density at radius 1 is 0.857 bits per heavy atom. The van der Waals surface area contributed by atoms with Crippen molar-refractivity contribution in [1.29, 1.82) is 0 Å². The third-order valence-corrected chi connectivity index (χ3v) is 5.48. The van der Waals surface area contributed by atoms with Crippen molar-refractivity contribution >= 4 is 7.60 Å². The van der Waals surface area contributed by atoms with Crippen molar-refractivity contribution in [2.45, 2.75) is 72.1 Å². The molecule has 0 fully saturated rings. The molecule has 0 aliphatic rings. The van der Waals surface area contributed by atoms with Gasteiger partial charge in [0, 0.05) is 0 Å². The van der Waals surface area contributed by atoms with Gasteiger partial charge in [0.25, 0.3) is 0 Å². The molecule has 0 spiro atoms. The summed E-state index contributed by atoms with van der Waals surface area (Å²) in [5.41, 5.74) is 0. The van der Waals surface area contributed by atoms with Gasteiger partial charge in [-0.25, -0.2) is 0 Å². The van der Waals surface area contributed by atoms with E-state index in [1.54, 1.807) is 0 Å². The predicted molar refractivity (Wildman–Crippen MR) is 91.0 cm³/mol. The Balaban J connectivity index is 3.95. The lowest BCUT2D eigenvalue weighted by Gasteiger charge is -2.23. The van der Waals surface area contributed by atoms with Gasteiger partial charge in [0.2, 0.25) is 0 Å². The van der Waals surface area contributed by atoms with Gasteiger partial charge in [-0.15, -0.1) is 0 Å². The molecule has 0 aliphatic heterocycles. The maximum absolute atomic E-state index is 12.6. The largest absolute Gasteiger partial charge is 0.344 e. The first kappa shape index (κ1) is 21.1. The molecule has 0 radical (unpaired) electrons. The summed E-state index contributed by atoms with van der Waals surface area (Å²) >= 11 is 0. The van der Waals surface area contributed by atoms with Crippen LogP contribution in [-0.4, -0.2) is 38.0 Å². The lowest BCUT2D eigenvalue weighted by atomic mass is 10.1. The van der Waals surface area contributed by atoms with Crippen molar-refractivity contribution in [1.82, 2.24) is 4.90 Å². The van der Waals surface area contributed by atoms with Gasteiger partial charge in [-0.1, -0.05) is 52.4 Å². The molecule has 1 atom stereocenters. The molecule has 0 amide bonds. The summed E-state index contributed by atoms with van der Waals surface area (Å²) in [5.74, 6) is 0. The zero-order valence-corrected chi connectivity index (χ0v) is 15.5. The Morgan fingerprint density at radius 2 is 1.48 bits per heavy atom. The number of hydrogen-bond donors (Lipinski definition) is 0. The van der Waals surface area contributed by atoms with E-state index in [0.29, 0.717) is 19.5 Å². The van der Waals surface area contributed by atoms with E-state index < -0.39 is 7.60 Å². The summed E-state index contributed by atoms with van der Waals surface area (Å²) in [7, 11) is -0.970. The molecular weight excluding hydrogens is 285 g/mol. The minimum absolute atomic E-state index is 0.399. The molecule has 0 saturated heterocycles. The number of hydrogen-bond acceptors (Lipinski definition) is 4. The van der Waals surface area contributed by atoms with Gasteiger partial charge in [0.15, 0.2) is 0 Å². The van der Waals surface area contributed by atoms with Gasteiger partial charge >= 0.3 is 7.60 Å². The summed E-state index contributed by atoms with van der Waals surface area (Å²) in [4.78, 5) is 2.06. The van der Waals surface area contributed by atoms with Gasteiger partial charge < -0.3 is 9.05 Å².